The van der Waals surface area contributed by atoms with E-state index >= 15 is 0 Å². The largest absolute Gasteiger partial charge is 0.508 e. The third-order valence-electron chi connectivity index (χ3n) is 5.72. The number of amides is 2. The summed E-state index contributed by atoms with van der Waals surface area (Å²) < 4.78 is 0. The summed E-state index contributed by atoms with van der Waals surface area (Å²) in [5.41, 5.74) is 0.875. The quantitative estimate of drug-likeness (QED) is 0.282. The molecule has 2 heterocycles. The normalized spacial score (nSPS) is 13.4. The van der Waals surface area contributed by atoms with Gasteiger partial charge in [0.2, 0.25) is 5.91 Å². The molecule has 0 aliphatic carbocycles. The van der Waals surface area contributed by atoms with Crippen LogP contribution in [-0.2, 0) is 4.79 Å². The standard InChI is InChI=1S/C25H27ClN6O4/c1-16(33)27-8-9-28-22-15-23(30-24(29-22)17-2-4-18(26)5-3-17)31-10-12-32(13-11-31)25(36)20-14-19(34)6-7-21(20)35/h2-7,14-15,34-35H,8-13H2,1H3,(H,27,33)(H,28,29,30). The van der Waals surface area contributed by atoms with Gasteiger partial charge in [-0.05, 0) is 42.5 Å². The number of aromatic nitrogens is 2. The summed E-state index contributed by atoms with van der Waals surface area (Å²) in [5.74, 6) is 1.14. The number of carbonyl (C=O) groups is 2. The van der Waals surface area contributed by atoms with Gasteiger partial charge < -0.3 is 30.6 Å². The number of aromatic hydroxyl groups is 2. The van der Waals surface area contributed by atoms with Crippen LogP contribution in [0.4, 0.5) is 11.6 Å². The van der Waals surface area contributed by atoms with Crippen molar-refractivity contribution in [3.05, 3.63) is 59.1 Å². The van der Waals surface area contributed by atoms with Gasteiger partial charge in [0.15, 0.2) is 5.82 Å². The van der Waals surface area contributed by atoms with Gasteiger partial charge in [-0.2, -0.15) is 0 Å². The first-order valence-electron chi connectivity index (χ1n) is 11.5. The molecule has 4 rings (SSSR count). The van der Waals surface area contributed by atoms with Crippen molar-refractivity contribution in [2.24, 2.45) is 0 Å². The van der Waals surface area contributed by atoms with Crippen LogP contribution in [0, 0.1) is 0 Å². The lowest BCUT2D eigenvalue weighted by atomic mass is 10.1. The van der Waals surface area contributed by atoms with Crippen LogP contribution in [0.15, 0.2) is 48.5 Å². The van der Waals surface area contributed by atoms with Crippen molar-refractivity contribution >= 4 is 35.1 Å². The lowest BCUT2D eigenvalue weighted by Crippen LogP contribution is -2.49. The first-order valence-corrected chi connectivity index (χ1v) is 11.9. The molecule has 0 bridgehead atoms. The van der Waals surface area contributed by atoms with Gasteiger partial charge >= 0.3 is 0 Å². The van der Waals surface area contributed by atoms with Crippen LogP contribution >= 0.6 is 11.6 Å². The Morgan fingerprint density at radius 1 is 0.972 bits per heavy atom. The molecule has 10 nitrogen and oxygen atoms in total. The Morgan fingerprint density at radius 2 is 1.69 bits per heavy atom. The molecule has 0 spiro atoms. The van der Waals surface area contributed by atoms with E-state index in [0.717, 1.165) is 5.56 Å². The number of piperazine rings is 1. The summed E-state index contributed by atoms with van der Waals surface area (Å²) in [6.45, 7) is 4.29. The minimum absolute atomic E-state index is 0.0705. The molecular formula is C25H27ClN6O4. The maximum Gasteiger partial charge on any atom is 0.257 e. The van der Waals surface area contributed by atoms with Gasteiger partial charge in [-0.15, -0.1) is 0 Å². The fourth-order valence-corrected chi connectivity index (χ4v) is 3.97. The highest BCUT2D eigenvalue weighted by molar-refractivity contribution is 6.30. The molecule has 1 aliphatic rings. The Balaban J connectivity index is 1.51. The number of phenols is 2. The van der Waals surface area contributed by atoms with Gasteiger partial charge in [0.25, 0.3) is 5.91 Å². The van der Waals surface area contributed by atoms with Crippen LogP contribution in [0.1, 0.15) is 17.3 Å². The SMILES string of the molecule is CC(=O)NCCNc1cc(N2CCN(C(=O)c3cc(O)ccc3O)CC2)nc(-c2ccc(Cl)cc2)n1. The van der Waals surface area contributed by atoms with Crippen LogP contribution in [0.5, 0.6) is 11.5 Å². The van der Waals surface area contributed by atoms with Crippen LogP contribution in [0.3, 0.4) is 0 Å². The number of benzene rings is 2. The van der Waals surface area contributed by atoms with Crippen LogP contribution in [-0.4, -0.2) is 76.2 Å². The molecule has 0 atom stereocenters. The first-order chi connectivity index (χ1) is 17.3. The van der Waals surface area contributed by atoms with Gasteiger partial charge in [0, 0.05) is 62.8 Å². The Hall–Kier alpha value is -4.05. The van der Waals surface area contributed by atoms with E-state index in [1.54, 1.807) is 17.0 Å². The number of phenolic OH excluding ortho intramolecular Hbond substituents is 2. The second-order valence-electron chi connectivity index (χ2n) is 8.33. The number of rotatable bonds is 7. The number of anilines is 2. The van der Waals surface area contributed by atoms with E-state index < -0.39 is 0 Å². The number of carbonyl (C=O) groups excluding carboxylic acids is 2. The number of halogens is 1. The highest BCUT2D eigenvalue weighted by Gasteiger charge is 2.25. The second kappa shape index (κ2) is 11.1. The third-order valence-corrected chi connectivity index (χ3v) is 5.97. The predicted molar refractivity (Wildman–Crippen MR) is 138 cm³/mol. The molecule has 1 fully saturated rings. The molecule has 2 aromatic carbocycles. The number of nitrogens with zero attached hydrogens (tertiary/aromatic N) is 4. The summed E-state index contributed by atoms with van der Waals surface area (Å²) in [6, 6.07) is 13.0. The molecular weight excluding hydrogens is 484 g/mol. The van der Waals surface area contributed by atoms with E-state index in [2.05, 4.69) is 20.5 Å². The summed E-state index contributed by atoms with van der Waals surface area (Å²) in [5, 5.41) is 26.3. The Labute approximate surface area is 213 Å². The predicted octanol–water partition coefficient (Wildman–Crippen LogP) is 2.72. The van der Waals surface area contributed by atoms with Crippen molar-refractivity contribution in [1.82, 2.24) is 20.2 Å². The zero-order valence-corrected chi connectivity index (χ0v) is 20.5. The summed E-state index contributed by atoms with van der Waals surface area (Å²) in [4.78, 5) is 37.1. The number of hydrogen-bond donors (Lipinski definition) is 4. The molecule has 4 N–H and O–H groups in total. The van der Waals surface area contributed by atoms with Gasteiger partial charge in [-0.1, -0.05) is 11.6 Å². The molecule has 1 aromatic heterocycles. The minimum Gasteiger partial charge on any atom is -0.508 e. The highest BCUT2D eigenvalue weighted by atomic mass is 35.5. The van der Waals surface area contributed by atoms with Crippen molar-refractivity contribution < 1.29 is 19.8 Å². The summed E-state index contributed by atoms with van der Waals surface area (Å²) in [7, 11) is 0. The van der Waals surface area contributed by atoms with Gasteiger partial charge in [0.1, 0.15) is 23.1 Å². The second-order valence-corrected chi connectivity index (χ2v) is 8.77. The van der Waals surface area contributed by atoms with Crippen molar-refractivity contribution in [3.63, 3.8) is 0 Å². The smallest absolute Gasteiger partial charge is 0.257 e. The van der Waals surface area contributed by atoms with Gasteiger partial charge in [0.05, 0.1) is 5.56 Å². The average molecular weight is 511 g/mol. The molecule has 1 aliphatic heterocycles. The molecule has 0 saturated carbocycles. The summed E-state index contributed by atoms with van der Waals surface area (Å²) >= 11 is 6.04. The Morgan fingerprint density at radius 3 is 2.39 bits per heavy atom. The zero-order valence-electron chi connectivity index (χ0n) is 19.7. The Kier molecular flexibility index (Phi) is 7.74. The van der Waals surface area contributed by atoms with Crippen molar-refractivity contribution in [3.8, 4) is 22.9 Å². The number of hydrogen-bond acceptors (Lipinski definition) is 8. The zero-order chi connectivity index (χ0) is 25.7. The van der Waals surface area contributed by atoms with E-state index in [4.69, 9.17) is 16.6 Å². The van der Waals surface area contributed by atoms with Crippen LogP contribution < -0.4 is 15.5 Å². The van der Waals surface area contributed by atoms with E-state index in [1.807, 2.05) is 18.2 Å². The molecule has 0 radical (unpaired) electrons. The minimum atomic E-state index is -0.340. The van der Waals surface area contributed by atoms with E-state index in [-0.39, 0.29) is 28.9 Å². The topological polar surface area (TPSA) is 131 Å². The summed E-state index contributed by atoms with van der Waals surface area (Å²) in [6.07, 6.45) is 0. The molecule has 11 heteroatoms. The lowest BCUT2D eigenvalue weighted by molar-refractivity contribution is -0.118. The van der Waals surface area contributed by atoms with Crippen LogP contribution in [0.25, 0.3) is 11.4 Å². The maximum atomic E-state index is 12.9. The van der Waals surface area contributed by atoms with Crippen molar-refractivity contribution in [2.75, 3.05) is 49.5 Å². The highest BCUT2D eigenvalue weighted by Crippen LogP contribution is 2.27. The molecule has 0 unspecified atom stereocenters. The third kappa shape index (κ3) is 6.14. The first kappa shape index (κ1) is 25.1. The Bertz CT molecular complexity index is 1250. The molecule has 36 heavy (non-hydrogen) atoms. The van der Waals surface area contributed by atoms with Crippen molar-refractivity contribution in [1.29, 1.82) is 0 Å². The number of nitrogens with one attached hydrogen (secondary N) is 2. The van der Waals surface area contributed by atoms with E-state index in [1.165, 1.54) is 25.1 Å². The monoisotopic (exact) mass is 510 g/mol. The molecule has 2 amide bonds. The van der Waals surface area contributed by atoms with Gasteiger partial charge in [-0.3, -0.25) is 9.59 Å². The molecule has 188 valence electrons. The van der Waals surface area contributed by atoms with Gasteiger partial charge in [-0.25, -0.2) is 9.97 Å². The van der Waals surface area contributed by atoms with Crippen molar-refractivity contribution in [2.45, 2.75) is 6.92 Å². The molecule has 3 aromatic rings. The maximum absolute atomic E-state index is 12.9. The average Bonchev–Trinajstić information content (AvgIpc) is 2.88. The lowest BCUT2D eigenvalue weighted by Gasteiger charge is -2.35. The van der Waals surface area contributed by atoms with E-state index in [0.29, 0.717) is 61.8 Å². The fourth-order valence-electron chi connectivity index (χ4n) is 3.85. The van der Waals surface area contributed by atoms with Crippen LogP contribution in [0.2, 0.25) is 5.02 Å². The van der Waals surface area contributed by atoms with E-state index in [9.17, 15) is 19.8 Å². The molecule has 1 saturated heterocycles. The fraction of sp³-hybridized carbons (Fsp3) is 0.280.